The van der Waals surface area contributed by atoms with Crippen LogP contribution in [-0.2, 0) is 10.0 Å². The molecule has 2 aromatic carbocycles. The van der Waals surface area contributed by atoms with Crippen molar-refractivity contribution in [3.63, 3.8) is 0 Å². The summed E-state index contributed by atoms with van der Waals surface area (Å²) in [6.07, 6.45) is 0. The van der Waals surface area contributed by atoms with Gasteiger partial charge in [0.15, 0.2) is 0 Å². The fourth-order valence-corrected chi connectivity index (χ4v) is 2.62. The summed E-state index contributed by atoms with van der Waals surface area (Å²) in [4.78, 5) is -0.441. The molecule has 1 N–H and O–H groups in total. The van der Waals surface area contributed by atoms with Gasteiger partial charge in [0, 0.05) is 6.07 Å². The summed E-state index contributed by atoms with van der Waals surface area (Å²) in [6.45, 7) is 0. The highest BCUT2D eigenvalue weighted by Gasteiger charge is 2.18. The second-order valence-electron chi connectivity index (χ2n) is 3.98. The fraction of sp³-hybridized carbons (Fsp3) is 0. The summed E-state index contributed by atoms with van der Waals surface area (Å²) in [6, 6.07) is 6.27. The van der Waals surface area contributed by atoms with Crippen LogP contribution in [0.2, 0.25) is 0 Å². The maximum atomic E-state index is 13.4. The van der Waals surface area contributed by atoms with Crippen LogP contribution in [0, 0.1) is 28.8 Å². The van der Waals surface area contributed by atoms with Gasteiger partial charge in [0.05, 0.1) is 16.1 Å². The Labute approximate surface area is 118 Å². The van der Waals surface area contributed by atoms with Gasteiger partial charge in [0.2, 0.25) is 0 Å². The fourth-order valence-electron chi connectivity index (χ4n) is 1.54. The number of hydrogen-bond acceptors (Lipinski definition) is 3. The molecule has 0 aromatic heterocycles. The summed E-state index contributed by atoms with van der Waals surface area (Å²) in [5.74, 6) is -2.68. The van der Waals surface area contributed by atoms with Gasteiger partial charge in [-0.25, -0.2) is 21.6 Å². The van der Waals surface area contributed by atoms with Crippen molar-refractivity contribution in [1.29, 1.82) is 5.26 Å². The summed E-state index contributed by atoms with van der Waals surface area (Å²) in [7, 11) is -4.28. The normalized spacial score (nSPS) is 11.0. The molecule has 8 heteroatoms. The molecule has 0 aliphatic heterocycles. The molecule has 21 heavy (non-hydrogen) atoms. The minimum atomic E-state index is -4.28. The van der Waals surface area contributed by atoms with E-state index in [1.807, 2.05) is 4.72 Å². The summed E-state index contributed by atoms with van der Waals surface area (Å²) < 4.78 is 65.4. The highest BCUT2D eigenvalue weighted by atomic mass is 32.2. The molecular weight excluding hydrogens is 305 g/mol. The summed E-state index contributed by atoms with van der Waals surface area (Å²) in [5, 5.41) is 8.66. The number of rotatable bonds is 3. The minimum absolute atomic E-state index is 0.441. The average Bonchev–Trinajstić information content (AvgIpc) is 2.43. The van der Waals surface area contributed by atoms with Crippen molar-refractivity contribution in [3.8, 4) is 6.07 Å². The smallest absolute Gasteiger partial charge is 0.262 e. The third-order valence-corrected chi connectivity index (χ3v) is 3.90. The molecule has 0 unspecified atom stereocenters. The first-order valence-corrected chi connectivity index (χ1v) is 6.99. The van der Waals surface area contributed by atoms with E-state index in [0.29, 0.717) is 6.07 Å². The van der Waals surface area contributed by atoms with Gasteiger partial charge in [0.25, 0.3) is 10.0 Å². The van der Waals surface area contributed by atoms with Crippen LogP contribution in [0.3, 0.4) is 0 Å². The van der Waals surface area contributed by atoms with E-state index >= 15 is 0 Å². The van der Waals surface area contributed by atoms with E-state index in [-0.39, 0.29) is 0 Å². The third-order valence-electron chi connectivity index (χ3n) is 2.54. The second-order valence-corrected chi connectivity index (χ2v) is 5.67. The Morgan fingerprint density at radius 1 is 1.00 bits per heavy atom. The molecule has 0 fully saturated rings. The number of benzene rings is 2. The Balaban J connectivity index is 2.44. The molecule has 2 aromatic rings. The molecule has 0 radical (unpaired) electrons. The first-order chi connectivity index (χ1) is 9.83. The van der Waals surface area contributed by atoms with Crippen molar-refractivity contribution in [2.24, 2.45) is 0 Å². The molecule has 0 amide bonds. The number of halogens is 3. The van der Waals surface area contributed by atoms with Crippen molar-refractivity contribution in [2.45, 2.75) is 4.90 Å². The Kier molecular flexibility index (Phi) is 3.86. The highest BCUT2D eigenvalue weighted by Crippen LogP contribution is 2.21. The van der Waals surface area contributed by atoms with Crippen LogP contribution >= 0.6 is 0 Å². The van der Waals surface area contributed by atoms with E-state index in [9.17, 15) is 21.6 Å². The van der Waals surface area contributed by atoms with Crippen molar-refractivity contribution in [1.82, 2.24) is 0 Å². The average molecular weight is 312 g/mol. The van der Waals surface area contributed by atoms with E-state index in [1.54, 1.807) is 0 Å². The quantitative estimate of drug-likeness (QED) is 0.947. The van der Waals surface area contributed by atoms with Crippen molar-refractivity contribution in [3.05, 3.63) is 59.4 Å². The lowest BCUT2D eigenvalue weighted by Gasteiger charge is -2.09. The molecular formula is C13H7F3N2O2S. The number of nitrogens with one attached hydrogen (secondary N) is 1. The molecule has 108 valence electrons. The van der Waals surface area contributed by atoms with E-state index in [2.05, 4.69) is 0 Å². The van der Waals surface area contributed by atoms with Crippen LogP contribution in [0.25, 0.3) is 0 Å². The third kappa shape index (κ3) is 3.14. The first-order valence-electron chi connectivity index (χ1n) is 5.51. The molecule has 2 rings (SSSR count). The molecule has 0 saturated carbocycles. The van der Waals surface area contributed by atoms with Crippen molar-refractivity contribution in [2.75, 3.05) is 4.72 Å². The van der Waals surface area contributed by atoms with E-state index in [0.717, 1.165) is 30.3 Å². The van der Waals surface area contributed by atoms with Gasteiger partial charge in [-0.2, -0.15) is 5.26 Å². The van der Waals surface area contributed by atoms with Gasteiger partial charge in [0.1, 0.15) is 23.5 Å². The molecule has 0 atom stereocenters. The summed E-state index contributed by atoms with van der Waals surface area (Å²) in [5.41, 5.74) is -1.06. The lowest BCUT2D eigenvalue weighted by atomic mass is 10.2. The minimum Gasteiger partial charge on any atom is -0.277 e. The second kappa shape index (κ2) is 5.46. The van der Waals surface area contributed by atoms with Crippen molar-refractivity contribution >= 4 is 15.7 Å². The summed E-state index contributed by atoms with van der Waals surface area (Å²) >= 11 is 0. The molecule has 0 bridgehead atoms. The maximum Gasteiger partial charge on any atom is 0.262 e. The van der Waals surface area contributed by atoms with Gasteiger partial charge in [-0.3, -0.25) is 4.72 Å². The zero-order valence-electron chi connectivity index (χ0n) is 10.3. The maximum absolute atomic E-state index is 13.4. The van der Waals surface area contributed by atoms with E-state index in [4.69, 9.17) is 5.26 Å². The predicted octanol–water partition coefficient (Wildman–Crippen LogP) is 2.78. The molecule has 0 saturated heterocycles. The predicted molar refractivity (Wildman–Crippen MR) is 68.3 cm³/mol. The highest BCUT2D eigenvalue weighted by molar-refractivity contribution is 7.92. The largest absolute Gasteiger partial charge is 0.277 e. The monoisotopic (exact) mass is 312 g/mol. The van der Waals surface area contributed by atoms with Crippen LogP contribution in [0.15, 0.2) is 41.3 Å². The Hall–Kier alpha value is -2.53. The van der Waals surface area contributed by atoms with Gasteiger partial charge >= 0.3 is 0 Å². The molecule has 0 spiro atoms. The van der Waals surface area contributed by atoms with Crippen LogP contribution in [0.4, 0.5) is 18.9 Å². The SMILES string of the molecule is N#Cc1cc(S(=O)(=O)Nc2cc(F)ccc2F)ccc1F. The van der Waals surface area contributed by atoms with E-state index in [1.165, 1.54) is 6.07 Å². The standard InChI is InChI=1S/C13H7F3N2O2S/c14-9-1-3-12(16)13(6-9)18-21(19,20)10-2-4-11(15)8(5-10)7-17/h1-6,18H. The van der Waals surface area contributed by atoms with Gasteiger partial charge in [-0.05, 0) is 30.3 Å². The number of nitriles is 1. The topological polar surface area (TPSA) is 70.0 Å². The van der Waals surface area contributed by atoms with Gasteiger partial charge in [-0.1, -0.05) is 0 Å². The number of anilines is 1. The first kappa shape index (κ1) is 14.9. The van der Waals surface area contributed by atoms with Crippen LogP contribution in [0.1, 0.15) is 5.56 Å². The van der Waals surface area contributed by atoms with Crippen LogP contribution in [-0.4, -0.2) is 8.42 Å². The van der Waals surface area contributed by atoms with Crippen molar-refractivity contribution < 1.29 is 21.6 Å². The van der Waals surface area contributed by atoms with Crippen LogP contribution in [0.5, 0.6) is 0 Å². The zero-order valence-corrected chi connectivity index (χ0v) is 11.1. The Bertz CT molecular complexity index is 845. The van der Waals surface area contributed by atoms with Crippen LogP contribution < -0.4 is 4.72 Å². The Morgan fingerprint density at radius 3 is 2.33 bits per heavy atom. The lowest BCUT2D eigenvalue weighted by molar-refractivity contribution is 0.593. The Morgan fingerprint density at radius 2 is 1.67 bits per heavy atom. The number of sulfonamides is 1. The molecule has 0 aliphatic carbocycles. The molecule has 0 heterocycles. The van der Waals surface area contributed by atoms with E-state index < -0.39 is 43.6 Å². The van der Waals surface area contributed by atoms with Gasteiger partial charge in [-0.15, -0.1) is 0 Å². The van der Waals surface area contributed by atoms with Gasteiger partial charge < -0.3 is 0 Å². The zero-order chi connectivity index (χ0) is 15.6. The molecule has 0 aliphatic rings. The molecule has 4 nitrogen and oxygen atoms in total. The lowest BCUT2D eigenvalue weighted by Crippen LogP contribution is -2.14. The number of hydrogen-bond donors (Lipinski definition) is 1. The number of nitrogens with zero attached hydrogens (tertiary/aromatic N) is 1.